The Morgan fingerprint density at radius 3 is 3.06 bits per heavy atom. The molecule has 0 amide bonds. The van der Waals surface area contributed by atoms with Gasteiger partial charge in [-0.3, -0.25) is 4.90 Å². The van der Waals surface area contributed by atoms with Crippen LogP contribution < -0.4 is 5.32 Å². The summed E-state index contributed by atoms with van der Waals surface area (Å²) >= 11 is 5.97. The van der Waals surface area contributed by atoms with Crippen molar-refractivity contribution in [3.63, 3.8) is 0 Å². The number of halogens is 1. The van der Waals surface area contributed by atoms with Crippen molar-refractivity contribution in [1.82, 2.24) is 20.2 Å². The van der Waals surface area contributed by atoms with Crippen LogP contribution >= 0.6 is 11.6 Å². The van der Waals surface area contributed by atoms with Gasteiger partial charge in [0, 0.05) is 12.2 Å². The average Bonchev–Trinajstić information content (AvgIpc) is 2.28. The van der Waals surface area contributed by atoms with Gasteiger partial charge in [-0.1, -0.05) is 11.6 Å². The summed E-state index contributed by atoms with van der Waals surface area (Å²) in [5.41, 5.74) is 0.939. The van der Waals surface area contributed by atoms with Crippen molar-refractivity contribution in [3.05, 3.63) is 22.7 Å². The van der Waals surface area contributed by atoms with E-state index in [2.05, 4.69) is 20.2 Å². The van der Waals surface area contributed by atoms with Crippen LogP contribution in [0, 0.1) is 12.8 Å². The maximum atomic E-state index is 5.97. The van der Waals surface area contributed by atoms with Crippen LogP contribution in [0.25, 0.3) is 0 Å². The molecule has 1 N–H and O–H groups in total. The molecule has 1 fully saturated rings. The molecular weight excluding hydrogens is 248 g/mol. The first-order valence-electron chi connectivity index (χ1n) is 6.54. The summed E-state index contributed by atoms with van der Waals surface area (Å²) in [7, 11) is 2.02. The van der Waals surface area contributed by atoms with Gasteiger partial charge in [0.05, 0.1) is 6.54 Å². The van der Waals surface area contributed by atoms with Gasteiger partial charge < -0.3 is 5.32 Å². The van der Waals surface area contributed by atoms with Crippen LogP contribution in [0.15, 0.2) is 6.07 Å². The van der Waals surface area contributed by atoms with Crippen LogP contribution in [0.1, 0.15) is 24.4 Å². The number of hydrogen-bond acceptors (Lipinski definition) is 4. The average molecular weight is 269 g/mol. The SMILES string of the molecule is CNCC1CCCN(Cc2nc(C)cc(Cl)n2)C1. The van der Waals surface area contributed by atoms with E-state index in [1.54, 1.807) is 6.07 Å². The van der Waals surface area contributed by atoms with Crippen molar-refractivity contribution in [2.75, 3.05) is 26.7 Å². The van der Waals surface area contributed by atoms with Crippen LogP contribution in [0.2, 0.25) is 5.15 Å². The fraction of sp³-hybridized carbons (Fsp3) is 0.692. The Balaban J connectivity index is 1.95. The molecule has 5 heteroatoms. The minimum atomic E-state index is 0.543. The first-order chi connectivity index (χ1) is 8.67. The van der Waals surface area contributed by atoms with Gasteiger partial charge in [-0.25, -0.2) is 9.97 Å². The Morgan fingerprint density at radius 2 is 2.33 bits per heavy atom. The molecule has 1 aliphatic heterocycles. The summed E-state index contributed by atoms with van der Waals surface area (Å²) < 4.78 is 0. The van der Waals surface area contributed by atoms with E-state index < -0.39 is 0 Å². The fourth-order valence-corrected chi connectivity index (χ4v) is 2.87. The molecule has 1 unspecified atom stereocenters. The Kier molecular flexibility index (Phi) is 4.92. The Morgan fingerprint density at radius 1 is 1.50 bits per heavy atom. The number of hydrogen-bond donors (Lipinski definition) is 1. The topological polar surface area (TPSA) is 41.0 Å². The summed E-state index contributed by atoms with van der Waals surface area (Å²) in [4.78, 5) is 11.2. The Labute approximate surface area is 114 Å². The molecule has 1 aliphatic rings. The second-order valence-electron chi connectivity index (χ2n) is 5.05. The van der Waals surface area contributed by atoms with Gasteiger partial charge in [0.1, 0.15) is 11.0 Å². The number of nitrogens with zero attached hydrogens (tertiary/aromatic N) is 3. The smallest absolute Gasteiger partial charge is 0.144 e. The molecule has 18 heavy (non-hydrogen) atoms. The second-order valence-corrected chi connectivity index (χ2v) is 5.44. The van der Waals surface area contributed by atoms with Crippen LogP contribution in [-0.4, -0.2) is 41.5 Å². The van der Waals surface area contributed by atoms with Gasteiger partial charge in [-0.2, -0.15) is 0 Å². The van der Waals surface area contributed by atoms with Crippen LogP contribution in [0.5, 0.6) is 0 Å². The molecule has 0 aromatic carbocycles. The highest BCUT2D eigenvalue weighted by molar-refractivity contribution is 6.29. The molecule has 4 nitrogen and oxygen atoms in total. The molecule has 0 saturated carbocycles. The van der Waals surface area contributed by atoms with Crippen molar-refractivity contribution in [2.24, 2.45) is 5.92 Å². The lowest BCUT2D eigenvalue weighted by atomic mass is 9.98. The maximum Gasteiger partial charge on any atom is 0.144 e. The summed E-state index contributed by atoms with van der Waals surface area (Å²) in [6.45, 7) is 6.11. The molecule has 1 atom stereocenters. The van der Waals surface area contributed by atoms with E-state index in [1.807, 2.05) is 14.0 Å². The van der Waals surface area contributed by atoms with Gasteiger partial charge >= 0.3 is 0 Å². The first kappa shape index (κ1) is 13.7. The van der Waals surface area contributed by atoms with E-state index in [4.69, 9.17) is 11.6 Å². The van der Waals surface area contributed by atoms with Crippen LogP contribution in [0.4, 0.5) is 0 Å². The number of aryl methyl sites for hydroxylation is 1. The highest BCUT2D eigenvalue weighted by Crippen LogP contribution is 2.17. The summed E-state index contributed by atoms with van der Waals surface area (Å²) in [6, 6.07) is 1.80. The minimum absolute atomic E-state index is 0.543. The molecule has 2 rings (SSSR count). The lowest BCUT2D eigenvalue weighted by Gasteiger charge is -2.32. The van der Waals surface area contributed by atoms with Gasteiger partial charge in [-0.15, -0.1) is 0 Å². The van der Waals surface area contributed by atoms with Crippen molar-refractivity contribution in [2.45, 2.75) is 26.3 Å². The number of aromatic nitrogens is 2. The molecule has 0 radical (unpaired) electrons. The summed E-state index contributed by atoms with van der Waals surface area (Å²) in [5.74, 6) is 1.58. The quantitative estimate of drug-likeness (QED) is 0.847. The normalized spacial score (nSPS) is 21.2. The number of likely N-dealkylation sites (tertiary alicyclic amines) is 1. The van der Waals surface area contributed by atoms with Gasteiger partial charge in [-0.05, 0) is 51.9 Å². The van der Waals surface area contributed by atoms with E-state index in [0.717, 1.165) is 43.6 Å². The summed E-state index contributed by atoms with van der Waals surface area (Å²) in [6.07, 6.45) is 2.57. The second kappa shape index (κ2) is 6.45. The zero-order chi connectivity index (χ0) is 13.0. The van der Waals surface area contributed by atoms with E-state index in [-0.39, 0.29) is 0 Å². The molecule has 0 spiro atoms. The van der Waals surface area contributed by atoms with Gasteiger partial charge in [0.25, 0.3) is 0 Å². The lowest BCUT2D eigenvalue weighted by Crippen LogP contribution is -2.38. The number of rotatable bonds is 4. The zero-order valence-electron chi connectivity index (χ0n) is 11.1. The standard InChI is InChI=1S/C13H21ClN4/c1-10-6-12(14)17-13(16-10)9-18-5-3-4-11(8-18)7-15-2/h6,11,15H,3-5,7-9H2,1-2H3. The van der Waals surface area contributed by atoms with Crippen molar-refractivity contribution in [3.8, 4) is 0 Å². The third-order valence-electron chi connectivity index (χ3n) is 3.33. The zero-order valence-corrected chi connectivity index (χ0v) is 11.9. The van der Waals surface area contributed by atoms with Crippen LogP contribution in [-0.2, 0) is 6.54 Å². The van der Waals surface area contributed by atoms with Crippen molar-refractivity contribution < 1.29 is 0 Å². The molecule has 0 bridgehead atoms. The minimum Gasteiger partial charge on any atom is -0.319 e. The van der Waals surface area contributed by atoms with E-state index in [0.29, 0.717) is 5.15 Å². The maximum absolute atomic E-state index is 5.97. The monoisotopic (exact) mass is 268 g/mol. The third kappa shape index (κ3) is 3.90. The fourth-order valence-electron chi connectivity index (χ4n) is 2.61. The third-order valence-corrected chi connectivity index (χ3v) is 3.52. The predicted molar refractivity (Wildman–Crippen MR) is 73.7 cm³/mol. The Bertz CT molecular complexity index is 374. The molecule has 1 saturated heterocycles. The number of piperidine rings is 1. The highest BCUT2D eigenvalue weighted by Gasteiger charge is 2.20. The largest absolute Gasteiger partial charge is 0.319 e. The molecular formula is C13H21ClN4. The van der Waals surface area contributed by atoms with Gasteiger partial charge in [0.2, 0.25) is 0 Å². The molecule has 100 valence electrons. The molecule has 2 heterocycles. The predicted octanol–water partition coefficient (Wildman–Crippen LogP) is 1.87. The van der Waals surface area contributed by atoms with Gasteiger partial charge in [0.15, 0.2) is 0 Å². The van der Waals surface area contributed by atoms with E-state index >= 15 is 0 Å². The molecule has 1 aromatic rings. The van der Waals surface area contributed by atoms with Crippen molar-refractivity contribution >= 4 is 11.6 Å². The highest BCUT2D eigenvalue weighted by atomic mass is 35.5. The first-order valence-corrected chi connectivity index (χ1v) is 6.92. The lowest BCUT2D eigenvalue weighted by molar-refractivity contribution is 0.163. The van der Waals surface area contributed by atoms with Crippen molar-refractivity contribution in [1.29, 1.82) is 0 Å². The summed E-state index contributed by atoms with van der Waals surface area (Å²) in [5, 5.41) is 3.80. The van der Waals surface area contributed by atoms with E-state index in [1.165, 1.54) is 12.8 Å². The number of nitrogens with one attached hydrogen (secondary N) is 1. The molecule has 0 aliphatic carbocycles. The molecule has 1 aromatic heterocycles. The van der Waals surface area contributed by atoms with Crippen LogP contribution in [0.3, 0.4) is 0 Å². The Hall–Kier alpha value is -0.710. The van der Waals surface area contributed by atoms with E-state index in [9.17, 15) is 0 Å².